The number of nitrogens with two attached hydrogens (primary N) is 1. The minimum atomic E-state index is -1.34. The van der Waals surface area contributed by atoms with Crippen LogP contribution in [0.4, 0.5) is 5.69 Å². The third-order valence-electron chi connectivity index (χ3n) is 4.34. The largest absolute Gasteiger partial charge is 0.497 e. The van der Waals surface area contributed by atoms with Crippen molar-refractivity contribution < 1.29 is 14.6 Å². The number of benzene rings is 2. The quantitative estimate of drug-likeness (QED) is 0.429. The lowest BCUT2D eigenvalue weighted by Crippen LogP contribution is -2.43. The molecule has 1 unspecified atom stereocenters. The van der Waals surface area contributed by atoms with E-state index in [1.807, 2.05) is 0 Å². The highest BCUT2D eigenvalue weighted by atomic mass is 16.5. The number of ether oxygens (including phenoxy) is 1. The van der Waals surface area contributed by atoms with Gasteiger partial charge in [0.05, 0.1) is 7.11 Å². The molecule has 0 heterocycles. The average molecular weight is 353 g/mol. The fraction of sp³-hybridized carbons (Fsp3) is 0.200. The van der Waals surface area contributed by atoms with E-state index in [4.69, 9.17) is 15.9 Å². The zero-order valence-electron chi connectivity index (χ0n) is 14.9. The summed E-state index contributed by atoms with van der Waals surface area (Å²) in [7, 11) is 1.54. The van der Waals surface area contributed by atoms with Gasteiger partial charge in [-0.15, -0.1) is 0 Å². The van der Waals surface area contributed by atoms with E-state index in [1.54, 1.807) is 55.5 Å². The number of methoxy groups -OCH3 is 1. The second-order valence-corrected chi connectivity index (χ2v) is 5.88. The molecular weight excluding hydrogens is 330 g/mol. The first-order chi connectivity index (χ1) is 12.4. The van der Waals surface area contributed by atoms with E-state index in [2.05, 4.69) is 11.9 Å². The van der Waals surface area contributed by atoms with E-state index in [9.17, 15) is 9.90 Å². The van der Waals surface area contributed by atoms with E-state index < -0.39 is 11.5 Å². The van der Waals surface area contributed by atoms with Gasteiger partial charge in [0, 0.05) is 11.3 Å². The van der Waals surface area contributed by atoms with Crippen LogP contribution in [0.5, 0.6) is 5.75 Å². The summed E-state index contributed by atoms with van der Waals surface area (Å²) in [6.45, 7) is 5.56. The van der Waals surface area contributed by atoms with Crippen molar-refractivity contribution >= 4 is 23.6 Å². The number of rotatable bonds is 8. The Balaban J connectivity index is 2.53. The molecular formula is C20H23N3O3. The molecule has 26 heavy (non-hydrogen) atoms. The summed E-state index contributed by atoms with van der Waals surface area (Å²) in [6.07, 6.45) is 1.95. The number of aliphatic carboxylic acids is 1. The normalized spacial score (nSPS) is 12.7. The first-order valence-corrected chi connectivity index (χ1v) is 8.14. The van der Waals surface area contributed by atoms with Gasteiger partial charge < -0.3 is 20.9 Å². The van der Waals surface area contributed by atoms with Crippen LogP contribution in [0.3, 0.4) is 0 Å². The predicted molar refractivity (Wildman–Crippen MR) is 104 cm³/mol. The van der Waals surface area contributed by atoms with E-state index >= 15 is 0 Å². The van der Waals surface area contributed by atoms with Crippen LogP contribution in [0.15, 0.2) is 49.0 Å². The lowest BCUT2D eigenvalue weighted by Gasteiger charge is -2.31. The number of hydrogen-bond acceptors (Lipinski definition) is 4. The number of nitrogens with one attached hydrogen (secondary N) is 2. The van der Waals surface area contributed by atoms with Gasteiger partial charge in [0.25, 0.3) is 0 Å². The van der Waals surface area contributed by atoms with Gasteiger partial charge in [-0.1, -0.05) is 19.6 Å². The van der Waals surface area contributed by atoms with Crippen LogP contribution in [0.25, 0.3) is 6.08 Å². The van der Waals surface area contributed by atoms with Gasteiger partial charge in [0.2, 0.25) is 0 Å². The first kappa shape index (κ1) is 19.1. The predicted octanol–water partition coefficient (Wildman–Crippen LogP) is 3.42. The number of carbonyl (C=O) groups is 1. The molecule has 0 radical (unpaired) electrons. The molecule has 0 saturated carbocycles. The minimum Gasteiger partial charge on any atom is -0.497 e. The molecule has 0 aliphatic heterocycles. The van der Waals surface area contributed by atoms with E-state index in [-0.39, 0.29) is 5.84 Å². The molecule has 136 valence electrons. The number of hydrogen-bond donors (Lipinski definition) is 4. The van der Waals surface area contributed by atoms with Crippen molar-refractivity contribution in [1.82, 2.24) is 0 Å². The van der Waals surface area contributed by atoms with E-state index in [0.29, 0.717) is 29.0 Å². The number of carboxylic acid groups (broad SMARTS) is 1. The van der Waals surface area contributed by atoms with Crippen molar-refractivity contribution in [3.8, 4) is 5.75 Å². The molecule has 0 spiro atoms. The van der Waals surface area contributed by atoms with Crippen molar-refractivity contribution in [3.63, 3.8) is 0 Å². The summed E-state index contributed by atoms with van der Waals surface area (Å²) in [5, 5.41) is 20.6. The minimum absolute atomic E-state index is 0.0417. The molecule has 0 fully saturated rings. The van der Waals surface area contributed by atoms with Gasteiger partial charge in [-0.2, -0.15) is 0 Å². The van der Waals surface area contributed by atoms with Gasteiger partial charge in [0.1, 0.15) is 11.6 Å². The van der Waals surface area contributed by atoms with Crippen LogP contribution in [0, 0.1) is 5.41 Å². The molecule has 6 nitrogen and oxygen atoms in total. The molecule has 2 aromatic carbocycles. The fourth-order valence-corrected chi connectivity index (χ4v) is 2.78. The zero-order chi connectivity index (χ0) is 19.3. The Hall–Kier alpha value is -3.28. The Kier molecular flexibility index (Phi) is 5.67. The highest BCUT2D eigenvalue weighted by Crippen LogP contribution is 2.34. The molecule has 2 aromatic rings. The lowest BCUT2D eigenvalue weighted by atomic mass is 9.85. The van der Waals surface area contributed by atoms with Crippen LogP contribution in [-0.2, 0) is 10.3 Å². The van der Waals surface area contributed by atoms with E-state index in [1.165, 1.54) is 7.11 Å². The van der Waals surface area contributed by atoms with Gasteiger partial charge in [-0.05, 0) is 60.0 Å². The lowest BCUT2D eigenvalue weighted by molar-refractivity contribution is -0.142. The third kappa shape index (κ3) is 3.69. The number of nitrogen functional groups attached to an aromatic ring is 1. The highest BCUT2D eigenvalue weighted by molar-refractivity contribution is 5.95. The summed E-state index contributed by atoms with van der Waals surface area (Å²) in [5.74, 6) is -0.482. The Bertz CT molecular complexity index is 831. The maximum atomic E-state index is 12.2. The van der Waals surface area contributed by atoms with Crippen LogP contribution >= 0.6 is 0 Å². The molecule has 0 aliphatic rings. The molecule has 2 rings (SSSR count). The van der Waals surface area contributed by atoms with Crippen molar-refractivity contribution in [2.24, 2.45) is 5.73 Å². The fourth-order valence-electron chi connectivity index (χ4n) is 2.78. The second-order valence-electron chi connectivity index (χ2n) is 5.88. The topological polar surface area (TPSA) is 108 Å². The van der Waals surface area contributed by atoms with Gasteiger partial charge in [-0.25, -0.2) is 4.79 Å². The van der Waals surface area contributed by atoms with Crippen LogP contribution in [0.1, 0.15) is 30.0 Å². The highest BCUT2D eigenvalue weighted by Gasteiger charge is 2.39. The zero-order valence-corrected chi connectivity index (χ0v) is 14.9. The maximum Gasteiger partial charge on any atom is 0.334 e. The van der Waals surface area contributed by atoms with E-state index in [0.717, 1.165) is 5.56 Å². The standard InChI is InChI=1S/C20H23N3O3/c1-4-13-10-15(12-17(11-13)26-3)20(5-2,19(24)25)23-16-8-6-14(7-9-16)18(21)22/h4,6-12,23H,1,5H2,2-3H3,(H3,21,22)(H,24,25). The molecule has 0 aliphatic carbocycles. The molecule has 5 N–H and O–H groups in total. The number of anilines is 1. The third-order valence-corrected chi connectivity index (χ3v) is 4.34. The Morgan fingerprint density at radius 1 is 1.35 bits per heavy atom. The molecule has 0 aromatic heterocycles. The van der Waals surface area contributed by atoms with Gasteiger partial charge >= 0.3 is 5.97 Å². The van der Waals surface area contributed by atoms with Gasteiger partial charge in [-0.3, -0.25) is 5.41 Å². The second kappa shape index (κ2) is 7.74. The van der Waals surface area contributed by atoms with Crippen molar-refractivity contribution in [3.05, 3.63) is 65.7 Å². The van der Waals surface area contributed by atoms with Crippen molar-refractivity contribution in [2.45, 2.75) is 18.9 Å². The van der Waals surface area contributed by atoms with Crippen LogP contribution in [0.2, 0.25) is 0 Å². The smallest absolute Gasteiger partial charge is 0.334 e. The SMILES string of the molecule is C=Cc1cc(OC)cc(C(CC)(Nc2ccc(C(=N)N)cc2)C(=O)O)c1. The van der Waals surface area contributed by atoms with Crippen LogP contribution < -0.4 is 15.8 Å². The average Bonchev–Trinajstić information content (AvgIpc) is 2.65. The summed E-state index contributed by atoms with van der Waals surface area (Å²) < 4.78 is 5.30. The van der Waals surface area contributed by atoms with Crippen molar-refractivity contribution in [2.75, 3.05) is 12.4 Å². The van der Waals surface area contributed by atoms with Crippen LogP contribution in [-0.4, -0.2) is 24.0 Å². The Labute approximate surface area is 152 Å². The molecule has 1 atom stereocenters. The number of amidine groups is 1. The summed E-state index contributed by atoms with van der Waals surface area (Å²) in [6, 6.07) is 12.0. The maximum absolute atomic E-state index is 12.2. The Morgan fingerprint density at radius 3 is 2.46 bits per heavy atom. The number of carboxylic acids is 1. The summed E-state index contributed by atoms with van der Waals surface area (Å²) in [5.41, 5.74) is 6.65. The monoisotopic (exact) mass is 353 g/mol. The Morgan fingerprint density at radius 2 is 2.00 bits per heavy atom. The van der Waals surface area contributed by atoms with Gasteiger partial charge in [0.15, 0.2) is 5.54 Å². The van der Waals surface area contributed by atoms with Crippen molar-refractivity contribution in [1.29, 1.82) is 5.41 Å². The summed E-state index contributed by atoms with van der Waals surface area (Å²) >= 11 is 0. The molecule has 0 saturated heterocycles. The molecule has 6 heteroatoms. The first-order valence-electron chi connectivity index (χ1n) is 8.14. The molecule has 0 amide bonds. The summed E-state index contributed by atoms with van der Waals surface area (Å²) in [4.78, 5) is 12.2. The molecule has 0 bridgehead atoms.